The first-order valence-electron chi connectivity index (χ1n) is 4.77. The highest BCUT2D eigenvalue weighted by Gasteiger charge is 2.21. The van der Waals surface area contributed by atoms with Gasteiger partial charge < -0.3 is 14.9 Å². The Kier molecular flexibility index (Phi) is 4.39. The van der Waals surface area contributed by atoms with Crippen LogP contribution in [-0.4, -0.2) is 29.4 Å². The molecule has 0 bridgehead atoms. The largest absolute Gasteiger partial charge is 0.479 e. The van der Waals surface area contributed by atoms with E-state index in [2.05, 4.69) is 0 Å². The topological polar surface area (TPSA) is 66.8 Å². The zero-order valence-corrected chi connectivity index (χ0v) is 8.81. The van der Waals surface area contributed by atoms with Crippen molar-refractivity contribution < 1.29 is 24.1 Å². The third-order valence-electron chi connectivity index (χ3n) is 2.10. The average molecular weight is 228 g/mol. The van der Waals surface area contributed by atoms with Gasteiger partial charge in [-0.05, 0) is 24.1 Å². The zero-order valence-electron chi connectivity index (χ0n) is 8.81. The van der Waals surface area contributed by atoms with E-state index in [9.17, 15) is 9.18 Å². The molecule has 0 saturated carbocycles. The highest BCUT2D eigenvalue weighted by atomic mass is 19.1. The molecule has 0 aliphatic carbocycles. The van der Waals surface area contributed by atoms with E-state index in [4.69, 9.17) is 14.9 Å². The Bertz CT molecular complexity index is 378. The van der Waals surface area contributed by atoms with Gasteiger partial charge in [-0.15, -0.1) is 0 Å². The fourth-order valence-electron chi connectivity index (χ4n) is 1.25. The van der Waals surface area contributed by atoms with Gasteiger partial charge in [0.2, 0.25) is 0 Å². The summed E-state index contributed by atoms with van der Waals surface area (Å²) in [6, 6.07) is 4.11. The molecule has 1 rings (SSSR count). The first-order valence-corrected chi connectivity index (χ1v) is 4.77. The summed E-state index contributed by atoms with van der Waals surface area (Å²) in [4.78, 5) is 10.9. The molecule has 0 spiro atoms. The average Bonchev–Trinajstić information content (AvgIpc) is 2.23. The molecule has 2 N–H and O–H groups in total. The van der Waals surface area contributed by atoms with Crippen LogP contribution in [0.3, 0.4) is 0 Å². The molecule has 0 amide bonds. The summed E-state index contributed by atoms with van der Waals surface area (Å²) in [6.45, 7) is 1.20. The van der Waals surface area contributed by atoms with Crippen LogP contribution < -0.4 is 0 Å². The highest BCUT2D eigenvalue weighted by Crippen LogP contribution is 2.20. The van der Waals surface area contributed by atoms with Gasteiger partial charge in [0.15, 0.2) is 6.10 Å². The third-order valence-corrected chi connectivity index (χ3v) is 2.10. The van der Waals surface area contributed by atoms with Crippen molar-refractivity contribution in [3.05, 3.63) is 35.1 Å². The minimum absolute atomic E-state index is 0.105. The van der Waals surface area contributed by atoms with E-state index in [-0.39, 0.29) is 18.8 Å². The lowest BCUT2D eigenvalue weighted by atomic mass is 10.1. The normalized spacial score (nSPS) is 12.4. The molecule has 0 radical (unpaired) electrons. The number of aliphatic carboxylic acids is 1. The summed E-state index contributed by atoms with van der Waals surface area (Å²) < 4.78 is 18.1. The van der Waals surface area contributed by atoms with Gasteiger partial charge in [0.1, 0.15) is 5.82 Å². The first kappa shape index (κ1) is 12.6. The number of hydrogen-bond acceptors (Lipinski definition) is 3. The Balaban J connectivity index is 2.92. The van der Waals surface area contributed by atoms with Crippen LogP contribution in [0.2, 0.25) is 0 Å². The van der Waals surface area contributed by atoms with Crippen molar-refractivity contribution in [2.24, 2.45) is 0 Å². The Morgan fingerprint density at radius 1 is 1.56 bits per heavy atom. The maximum absolute atomic E-state index is 13.2. The molecular weight excluding hydrogens is 215 g/mol. The van der Waals surface area contributed by atoms with E-state index >= 15 is 0 Å². The molecule has 0 heterocycles. The van der Waals surface area contributed by atoms with Crippen LogP contribution in [0.4, 0.5) is 4.39 Å². The number of carbonyl (C=O) groups is 1. The van der Waals surface area contributed by atoms with Crippen molar-refractivity contribution in [1.29, 1.82) is 0 Å². The lowest BCUT2D eigenvalue weighted by molar-refractivity contribution is -0.151. The quantitative estimate of drug-likeness (QED) is 0.796. The van der Waals surface area contributed by atoms with Crippen LogP contribution in [0.25, 0.3) is 0 Å². The van der Waals surface area contributed by atoms with Gasteiger partial charge in [-0.3, -0.25) is 0 Å². The Morgan fingerprint density at radius 3 is 2.75 bits per heavy atom. The molecule has 1 aromatic carbocycles. The van der Waals surface area contributed by atoms with Gasteiger partial charge in [0.25, 0.3) is 0 Å². The third kappa shape index (κ3) is 3.01. The Morgan fingerprint density at radius 2 is 2.25 bits per heavy atom. The first-order chi connectivity index (χ1) is 7.56. The minimum Gasteiger partial charge on any atom is -0.479 e. The van der Waals surface area contributed by atoms with Crippen LogP contribution in [0.15, 0.2) is 18.2 Å². The summed E-state index contributed by atoms with van der Waals surface area (Å²) in [5.41, 5.74) is 0.666. The molecule has 16 heavy (non-hydrogen) atoms. The number of hydrogen-bond donors (Lipinski definition) is 2. The van der Waals surface area contributed by atoms with Crippen LogP contribution in [0.1, 0.15) is 17.2 Å². The number of rotatable bonds is 5. The smallest absolute Gasteiger partial charge is 0.337 e. The molecule has 1 unspecified atom stereocenters. The molecule has 0 aliphatic heterocycles. The summed E-state index contributed by atoms with van der Waals surface area (Å²) in [7, 11) is 0. The highest BCUT2D eigenvalue weighted by molar-refractivity contribution is 5.74. The SMILES string of the molecule is Cc1ccc(C(OCCO)C(=O)O)cc1F. The number of aliphatic hydroxyl groups excluding tert-OH is 1. The van der Waals surface area contributed by atoms with Crippen LogP contribution in [0.5, 0.6) is 0 Å². The fourth-order valence-corrected chi connectivity index (χ4v) is 1.25. The van der Waals surface area contributed by atoms with Gasteiger partial charge in [-0.2, -0.15) is 0 Å². The summed E-state index contributed by atoms with van der Waals surface area (Å²) in [6.07, 6.45) is -1.25. The van der Waals surface area contributed by atoms with E-state index < -0.39 is 17.9 Å². The van der Waals surface area contributed by atoms with Gasteiger partial charge in [-0.25, -0.2) is 9.18 Å². The van der Waals surface area contributed by atoms with Crippen molar-refractivity contribution in [1.82, 2.24) is 0 Å². The zero-order chi connectivity index (χ0) is 12.1. The molecule has 0 fully saturated rings. The predicted molar refractivity (Wildman–Crippen MR) is 54.6 cm³/mol. The Labute approximate surface area is 92.3 Å². The summed E-state index contributed by atoms with van der Waals surface area (Å²) in [5, 5.41) is 17.4. The van der Waals surface area contributed by atoms with E-state index in [0.717, 1.165) is 6.07 Å². The molecule has 5 heteroatoms. The lowest BCUT2D eigenvalue weighted by Gasteiger charge is -2.13. The van der Waals surface area contributed by atoms with E-state index in [1.54, 1.807) is 6.92 Å². The monoisotopic (exact) mass is 228 g/mol. The van der Waals surface area contributed by atoms with Crippen molar-refractivity contribution in [2.75, 3.05) is 13.2 Å². The second-order valence-corrected chi connectivity index (χ2v) is 3.32. The number of carboxylic acid groups (broad SMARTS) is 1. The number of benzene rings is 1. The maximum Gasteiger partial charge on any atom is 0.337 e. The molecule has 1 atom stereocenters. The number of halogens is 1. The van der Waals surface area contributed by atoms with Crippen LogP contribution in [-0.2, 0) is 9.53 Å². The number of aryl methyl sites for hydroxylation is 1. The fraction of sp³-hybridized carbons (Fsp3) is 0.364. The minimum atomic E-state index is -1.25. The summed E-state index contributed by atoms with van der Waals surface area (Å²) in [5.74, 6) is -1.69. The van der Waals surface area contributed by atoms with Gasteiger partial charge in [0, 0.05) is 0 Å². The molecule has 1 aromatic rings. The standard InChI is InChI=1S/C11H13FO4/c1-7-2-3-8(6-9(7)12)10(11(14)15)16-5-4-13/h2-3,6,10,13H,4-5H2,1H3,(H,14,15). The Hall–Kier alpha value is -1.46. The van der Waals surface area contributed by atoms with Crippen molar-refractivity contribution in [3.8, 4) is 0 Å². The molecule has 0 saturated heterocycles. The number of carboxylic acids is 1. The number of ether oxygens (including phenoxy) is 1. The predicted octanol–water partition coefficient (Wildman–Crippen LogP) is 1.27. The van der Waals surface area contributed by atoms with Gasteiger partial charge in [-0.1, -0.05) is 12.1 Å². The van der Waals surface area contributed by atoms with Crippen molar-refractivity contribution in [3.63, 3.8) is 0 Å². The molecular formula is C11H13FO4. The van der Waals surface area contributed by atoms with Gasteiger partial charge >= 0.3 is 5.97 Å². The van der Waals surface area contributed by atoms with Crippen LogP contribution >= 0.6 is 0 Å². The van der Waals surface area contributed by atoms with Gasteiger partial charge in [0.05, 0.1) is 13.2 Å². The van der Waals surface area contributed by atoms with E-state index in [0.29, 0.717) is 5.56 Å². The molecule has 4 nitrogen and oxygen atoms in total. The number of aliphatic hydroxyl groups is 1. The summed E-state index contributed by atoms with van der Waals surface area (Å²) >= 11 is 0. The van der Waals surface area contributed by atoms with E-state index in [1.807, 2.05) is 0 Å². The lowest BCUT2D eigenvalue weighted by Crippen LogP contribution is -2.17. The van der Waals surface area contributed by atoms with E-state index in [1.165, 1.54) is 12.1 Å². The molecule has 0 aliphatic rings. The second kappa shape index (κ2) is 5.58. The maximum atomic E-state index is 13.2. The van der Waals surface area contributed by atoms with Crippen molar-refractivity contribution in [2.45, 2.75) is 13.0 Å². The van der Waals surface area contributed by atoms with Crippen LogP contribution in [0, 0.1) is 12.7 Å². The molecule has 88 valence electrons. The molecule has 0 aromatic heterocycles. The van der Waals surface area contributed by atoms with Crippen molar-refractivity contribution >= 4 is 5.97 Å². The second-order valence-electron chi connectivity index (χ2n) is 3.32.